The molecule has 1 aliphatic rings. The van der Waals surface area contributed by atoms with Crippen molar-refractivity contribution in [1.29, 1.82) is 0 Å². The number of ether oxygens (including phenoxy) is 1. The first kappa shape index (κ1) is 16.8. The molecule has 2 N–H and O–H groups in total. The number of hydrogen-bond donors (Lipinski definition) is 2. The Morgan fingerprint density at radius 2 is 1.96 bits per heavy atom. The van der Waals surface area contributed by atoms with Crippen LogP contribution in [0.2, 0.25) is 5.02 Å². The number of hydrogen-bond acceptors (Lipinski definition) is 3. The van der Waals surface area contributed by atoms with Gasteiger partial charge in [0.2, 0.25) is 5.91 Å². The monoisotopic (exact) mass is 345 g/mol. The maximum atomic E-state index is 12.3. The highest BCUT2D eigenvalue weighted by Crippen LogP contribution is 2.47. The third kappa shape index (κ3) is 4.08. The van der Waals surface area contributed by atoms with E-state index < -0.39 is 0 Å². The standard InChI is InChI=1S/C19H20ClNO3/c20-15-7-5-13(6-8-15)16-11-17(16)19(23)21-12-14-3-1-2-4-18(14)24-10-9-22/h1-8,16-17,22H,9-12H2,(H,21,23). The van der Waals surface area contributed by atoms with Gasteiger partial charge >= 0.3 is 0 Å². The zero-order chi connectivity index (χ0) is 16.9. The van der Waals surface area contributed by atoms with Gasteiger partial charge in [-0.15, -0.1) is 0 Å². The van der Waals surface area contributed by atoms with Crippen LogP contribution in [0.4, 0.5) is 0 Å². The van der Waals surface area contributed by atoms with Crippen LogP contribution < -0.4 is 10.1 Å². The summed E-state index contributed by atoms with van der Waals surface area (Å²) < 4.78 is 5.48. The summed E-state index contributed by atoms with van der Waals surface area (Å²) in [6.07, 6.45) is 0.871. The van der Waals surface area contributed by atoms with Crippen LogP contribution in [0.1, 0.15) is 23.5 Å². The first-order valence-electron chi connectivity index (χ1n) is 8.04. The van der Waals surface area contributed by atoms with Gasteiger partial charge in [-0.2, -0.15) is 0 Å². The maximum absolute atomic E-state index is 12.3. The fraction of sp³-hybridized carbons (Fsp3) is 0.316. The van der Waals surface area contributed by atoms with Crippen molar-refractivity contribution in [2.75, 3.05) is 13.2 Å². The topological polar surface area (TPSA) is 58.6 Å². The zero-order valence-electron chi connectivity index (χ0n) is 13.2. The van der Waals surface area contributed by atoms with E-state index in [2.05, 4.69) is 5.32 Å². The van der Waals surface area contributed by atoms with Gasteiger partial charge < -0.3 is 15.2 Å². The molecule has 0 bridgehead atoms. The molecule has 0 spiro atoms. The molecule has 1 amide bonds. The molecular formula is C19H20ClNO3. The van der Waals surface area contributed by atoms with Crippen LogP contribution in [-0.2, 0) is 11.3 Å². The molecule has 3 rings (SSSR count). The smallest absolute Gasteiger partial charge is 0.224 e. The van der Waals surface area contributed by atoms with Gasteiger partial charge in [-0.1, -0.05) is 41.9 Å². The Morgan fingerprint density at radius 3 is 2.71 bits per heavy atom. The van der Waals surface area contributed by atoms with Crippen molar-refractivity contribution >= 4 is 17.5 Å². The lowest BCUT2D eigenvalue weighted by atomic mass is 10.1. The molecule has 2 aromatic rings. The number of carbonyl (C=O) groups is 1. The summed E-state index contributed by atoms with van der Waals surface area (Å²) in [6, 6.07) is 15.2. The van der Waals surface area contributed by atoms with Gasteiger partial charge in [-0.05, 0) is 36.1 Å². The Balaban J connectivity index is 1.54. The molecule has 0 saturated heterocycles. The third-order valence-corrected chi connectivity index (χ3v) is 4.45. The lowest BCUT2D eigenvalue weighted by Crippen LogP contribution is -2.25. The van der Waals surface area contributed by atoms with E-state index in [0.717, 1.165) is 17.5 Å². The second kappa shape index (κ2) is 7.69. The molecule has 0 radical (unpaired) electrons. The van der Waals surface area contributed by atoms with E-state index >= 15 is 0 Å². The molecule has 2 unspecified atom stereocenters. The minimum Gasteiger partial charge on any atom is -0.491 e. The van der Waals surface area contributed by atoms with Gasteiger partial charge in [0.25, 0.3) is 0 Å². The molecule has 1 saturated carbocycles. The zero-order valence-corrected chi connectivity index (χ0v) is 14.0. The van der Waals surface area contributed by atoms with E-state index in [1.165, 1.54) is 0 Å². The van der Waals surface area contributed by atoms with Crippen LogP contribution in [0.5, 0.6) is 5.75 Å². The van der Waals surface area contributed by atoms with Crippen LogP contribution >= 0.6 is 11.6 Å². The summed E-state index contributed by atoms with van der Waals surface area (Å²) in [7, 11) is 0. The van der Waals surface area contributed by atoms with Gasteiger partial charge in [-0.25, -0.2) is 0 Å². The maximum Gasteiger partial charge on any atom is 0.224 e. The van der Waals surface area contributed by atoms with Crippen LogP contribution in [0, 0.1) is 5.92 Å². The number of halogens is 1. The summed E-state index contributed by atoms with van der Waals surface area (Å²) in [4.78, 5) is 12.3. The highest BCUT2D eigenvalue weighted by molar-refractivity contribution is 6.30. The molecule has 5 heteroatoms. The second-order valence-corrected chi connectivity index (χ2v) is 6.33. The summed E-state index contributed by atoms with van der Waals surface area (Å²) in [5.41, 5.74) is 2.06. The molecule has 2 atom stereocenters. The average molecular weight is 346 g/mol. The Hall–Kier alpha value is -2.04. The van der Waals surface area contributed by atoms with Crippen molar-refractivity contribution in [3.05, 3.63) is 64.7 Å². The largest absolute Gasteiger partial charge is 0.491 e. The number of aliphatic hydroxyl groups excluding tert-OH is 1. The fourth-order valence-electron chi connectivity index (χ4n) is 2.82. The molecule has 1 fully saturated rings. The predicted molar refractivity (Wildman–Crippen MR) is 93.2 cm³/mol. The molecular weight excluding hydrogens is 326 g/mol. The minimum absolute atomic E-state index is 0.0247. The number of nitrogens with one attached hydrogen (secondary N) is 1. The van der Waals surface area contributed by atoms with Crippen molar-refractivity contribution in [3.63, 3.8) is 0 Å². The minimum atomic E-state index is -0.0362. The molecule has 1 aliphatic carbocycles. The average Bonchev–Trinajstić information content (AvgIpc) is 3.40. The summed E-state index contributed by atoms with van der Waals surface area (Å²) in [5, 5.41) is 12.6. The Kier molecular flexibility index (Phi) is 5.38. The number of para-hydroxylation sites is 1. The summed E-state index contributed by atoms with van der Waals surface area (Å²) in [5.74, 6) is 1.06. The van der Waals surface area contributed by atoms with Crippen molar-refractivity contribution < 1.29 is 14.6 Å². The highest BCUT2D eigenvalue weighted by atomic mass is 35.5. The van der Waals surface area contributed by atoms with E-state index in [9.17, 15) is 4.79 Å². The molecule has 0 aromatic heterocycles. The van der Waals surface area contributed by atoms with E-state index in [1.807, 2.05) is 48.5 Å². The highest BCUT2D eigenvalue weighted by Gasteiger charge is 2.43. The van der Waals surface area contributed by atoms with E-state index in [1.54, 1.807) is 0 Å². The number of benzene rings is 2. The van der Waals surface area contributed by atoms with Gasteiger partial charge in [0.05, 0.1) is 6.61 Å². The Morgan fingerprint density at radius 1 is 1.21 bits per heavy atom. The SMILES string of the molecule is O=C(NCc1ccccc1OCCO)C1CC1c1ccc(Cl)cc1. The van der Waals surface area contributed by atoms with Crippen LogP contribution in [0.3, 0.4) is 0 Å². The van der Waals surface area contributed by atoms with E-state index in [0.29, 0.717) is 17.3 Å². The van der Waals surface area contributed by atoms with E-state index in [4.69, 9.17) is 21.4 Å². The van der Waals surface area contributed by atoms with Gasteiger partial charge in [0.15, 0.2) is 0 Å². The van der Waals surface area contributed by atoms with Gasteiger partial charge in [0.1, 0.15) is 12.4 Å². The van der Waals surface area contributed by atoms with Crippen molar-refractivity contribution in [3.8, 4) is 5.75 Å². The normalized spacial score (nSPS) is 18.9. The first-order chi connectivity index (χ1) is 11.7. The first-order valence-corrected chi connectivity index (χ1v) is 8.41. The predicted octanol–water partition coefficient (Wildman–Crippen LogP) is 3.13. The number of carbonyl (C=O) groups excluding carboxylic acids is 1. The molecule has 4 nitrogen and oxygen atoms in total. The lowest BCUT2D eigenvalue weighted by molar-refractivity contribution is -0.122. The van der Waals surface area contributed by atoms with Crippen molar-refractivity contribution in [2.45, 2.75) is 18.9 Å². The van der Waals surface area contributed by atoms with Gasteiger partial charge in [0, 0.05) is 23.0 Å². The fourth-order valence-corrected chi connectivity index (χ4v) is 2.95. The Bertz CT molecular complexity index is 702. The number of rotatable bonds is 7. The molecule has 24 heavy (non-hydrogen) atoms. The van der Waals surface area contributed by atoms with Crippen molar-refractivity contribution in [1.82, 2.24) is 5.32 Å². The van der Waals surface area contributed by atoms with Crippen LogP contribution in [0.25, 0.3) is 0 Å². The quantitative estimate of drug-likeness (QED) is 0.810. The summed E-state index contributed by atoms with van der Waals surface area (Å²) in [6.45, 7) is 0.627. The Labute approximate surface area is 146 Å². The molecule has 2 aromatic carbocycles. The molecule has 126 valence electrons. The van der Waals surface area contributed by atoms with Crippen LogP contribution in [-0.4, -0.2) is 24.2 Å². The number of aliphatic hydroxyl groups is 1. The number of amides is 1. The van der Waals surface area contributed by atoms with E-state index in [-0.39, 0.29) is 31.0 Å². The lowest BCUT2D eigenvalue weighted by Gasteiger charge is -2.11. The second-order valence-electron chi connectivity index (χ2n) is 5.90. The molecule has 0 aliphatic heterocycles. The van der Waals surface area contributed by atoms with Gasteiger partial charge in [-0.3, -0.25) is 4.79 Å². The van der Waals surface area contributed by atoms with Crippen molar-refractivity contribution in [2.24, 2.45) is 5.92 Å². The summed E-state index contributed by atoms with van der Waals surface area (Å²) >= 11 is 5.90. The van der Waals surface area contributed by atoms with Crippen LogP contribution in [0.15, 0.2) is 48.5 Å². The molecule has 0 heterocycles. The third-order valence-electron chi connectivity index (χ3n) is 4.20.